The van der Waals surface area contributed by atoms with Crippen LogP contribution in [0.5, 0.6) is 5.75 Å². The Morgan fingerprint density at radius 1 is 1.48 bits per heavy atom. The molecular weight excluding hydrogens is 288 g/mol. The lowest BCUT2D eigenvalue weighted by molar-refractivity contribution is -0.121. The zero-order valence-electron chi connectivity index (χ0n) is 12.6. The molecule has 0 spiro atoms. The van der Waals surface area contributed by atoms with E-state index in [1.807, 2.05) is 31.2 Å². The Morgan fingerprint density at radius 2 is 2.33 bits per heavy atom. The third-order valence-electron chi connectivity index (χ3n) is 3.51. The van der Waals surface area contributed by atoms with E-state index in [2.05, 4.69) is 10.6 Å². The number of ether oxygens (including phenoxy) is 1. The minimum atomic E-state index is 0. The molecule has 1 fully saturated rings. The molecule has 1 unspecified atom stereocenters. The average Bonchev–Trinajstić information content (AvgIpc) is 2.95. The van der Waals surface area contributed by atoms with E-state index in [1.54, 1.807) is 0 Å². The van der Waals surface area contributed by atoms with E-state index in [1.165, 1.54) is 12.0 Å². The smallest absolute Gasteiger partial charge is 0.220 e. The summed E-state index contributed by atoms with van der Waals surface area (Å²) in [7, 11) is 0. The van der Waals surface area contributed by atoms with Crippen LogP contribution in [-0.4, -0.2) is 31.6 Å². The number of benzene rings is 1. The first-order valence-corrected chi connectivity index (χ1v) is 7.43. The lowest BCUT2D eigenvalue weighted by Crippen LogP contribution is -2.37. The Kier molecular flexibility index (Phi) is 8.16. The Morgan fingerprint density at radius 3 is 3.05 bits per heavy atom. The third-order valence-corrected chi connectivity index (χ3v) is 3.51. The van der Waals surface area contributed by atoms with Gasteiger partial charge in [0.2, 0.25) is 5.91 Å². The van der Waals surface area contributed by atoms with Crippen molar-refractivity contribution in [1.82, 2.24) is 10.6 Å². The van der Waals surface area contributed by atoms with Crippen LogP contribution < -0.4 is 15.4 Å². The molecule has 0 aliphatic carbocycles. The molecule has 1 aromatic rings. The first-order valence-electron chi connectivity index (χ1n) is 7.43. The molecule has 0 bridgehead atoms. The van der Waals surface area contributed by atoms with Gasteiger partial charge in [-0.25, -0.2) is 0 Å². The summed E-state index contributed by atoms with van der Waals surface area (Å²) < 4.78 is 5.62. The summed E-state index contributed by atoms with van der Waals surface area (Å²) in [5, 5.41) is 6.34. The Hall–Kier alpha value is -1.26. The maximum absolute atomic E-state index is 11.7. The predicted molar refractivity (Wildman–Crippen MR) is 87.2 cm³/mol. The molecule has 1 aliphatic heterocycles. The summed E-state index contributed by atoms with van der Waals surface area (Å²) in [6.45, 7) is 4.44. The van der Waals surface area contributed by atoms with Gasteiger partial charge in [0, 0.05) is 19.0 Å². The highest BCUT2D eigenvalue weighted by atomic mass is 35.5. The van der Waals surface area contributed by atoms with Gasteiger partial charge in [-0.15, -0.1) is 12.4 Å². The number of hydrogen-bond donors (Lipinski definition) is 2. The monoisotopic (exact) mass is 312 g/mol. The lowest BCUT2D eigenvalue weighted by Gasteiger charge is -2.11. The quantitative estimate of drug-likeness (QED) is 0.760. The van der Waals surface area contributed by atoms with E-state index < -0.39 is 0 Å². The summed E-state index contributed by atoms with van der Waals surface area (Å²) in [6.07, 6.45) is 3.65. The summed E-state index contributed by atoms with van der Waals surface area (Å²) >= 11 is 0. The number of rotatable bonds is 7. The summed E-state index contributed by atoms with van der Waals surface area (Å²) in [5.74, 6) is 0.993. The number of aryl methyl sites for hydroxylation is 1. The predicted octanol–water partition coefficient (Wildman–Crippen LogP) is 2.44. The molecule has 1 amide bonds. The van der Waals surface area contributed by atoms with Gasteiger partial charge in [0.05, 0.1) is 6.61 Å². The topological polar surface area (TPSA) is 50.4 Å². The van der Waals surface area contributed by atoms with Crippen molar-refractivity contribution in [3.8, 4) is 5.75 Å². The SMILES string of the molecule is Cc1cccc(OCCCC(=O)NCC2CCCN2)c1.Cl. The fraction of sp³-hybridized carbons (Fsp3) is 0.562. The molecule has 1 aromatic carbocycles. The van der Waals surface area contributed by atoms with Crippen LogP contribution >= 0.6 is 12.4 Å². The highest BCUT2D eigenvalue weighted by Gasteiger charge is 2.14. The highest BCUT2D eigenvalue weighted by molar-refractivity contribution is 5.85. The van der Waals surface area contributed by atoms with Gasteiger partial charge in [-0.2, -0.15) is 0 Å². The second-order valence-corrected chi connectivity index (χ2v) is 5.37. The normalized spacial score (nSPS) is 17.1. The summed E-state index contributed by atoms with van der Waals surface area (Å²) in [4.78, 5) is 11.7. The molecule has 2 rings (SSSR count). The van der Waals surface area contributed by atoms with Crippen LogP contribution in [0.2, 0.25) is 0 Å². The van der Waals surface area contributed by atoms with Crippen LogP contribution in [0.25, 0.3) is 0 Å². The number of halogens is 1. The fourth-order valence-corrected chi connectivity index (χ4v) is 2.38. The Labute approximate surface area is 133 Å². The van der Waals surface area contributed by atoms with E-state index in [4.69, 9.17) is 4.74 Å². The molecule has 1 saturated heterocycles. The maximum atomic E-state index is 11.7. The standard InChI is InChI=1S/C16H24N2O2.ClH/c1-13-5-2-7-15(11-13)20-10-4-8-16(19)18-12-14-6-3-9-17-14;/h2,5,7,11,14,17H,3-4,6,8-10,12H2,1H3,(H,18,19);1H. The van der Waals surface area contributed by atoms with Crippen LogP contribution in [0.15, 0.2) is 24.3 Å². The van der Waals surface area contributed by atoms with Crippen molar-refractivity contribution in [3.05, 3.63) is 29.8 Å². The Bertz CT molecular complexity index is 434. The molecule has 0 radical (unpaired) electrons. The number of amides is 1. The van der Waals surface area contributed by atoms with Crippen LogP contribution in [0, 0.1) is 6.92 Å². The van der Waals surface area contributed by atoms with E-state index in [0.29, 0.717) is 19.1 Å². The van der Waals surface area contributed by atoms with Gasteiger partial charge in [-0.1, -0.05) is 12.1 Å². The van der Waals surface area contributed by atoms with Crippen molar-refractivity contribution >= 4 is 18.3 Å². The van der Waals surface area contributed by atoms with Gasteiger partial charge in [-0.3, -0.25) is 4.79 Å². The molecule has 2 N–H and O–H groups in total. The van der Waals surface area contributed by atoms with Crippen LogP contribution in [-0.2, 0) is 4.79 Å². The minimum absolute atomic E-state index is 0. The highest BCUT2D eigenvalue weighted by Crippen LogP contribution is 2.12. The van der Waals surface area contributed by atoms with E-state index in [0.717, 1.165) is 31.7 Å². The molecule has 1 atom stereocenters. The second kappa shape index (κ2) is 9.64. The molecule has 4 nitrogen and oxygen atoms in total. The zero-order valence-corrected chi connectivity index (χ0v) is 13.4. The van der Waals surface area contributed by atoms with Gasteiger partial charge in [0.25, 0.3) is 0 Å². The van der Waals surface area contributed by atoms with Crippen molar-refractivity contribution < 1.29 is 9.53 Å². The molecule has 1 heterocycles. The van der Waals surface area contributed by atoms with Gasteiger partial charge in [-0.05, 0) is 50.4 Å². The van der Waals surface area contributed by atoms with Gasteiger partial charge in [0.1, 0.15) is 5.75 Å². The van der Waals surface area contributed by atoms with Crippen molar-refractivity contribution in [2.75, 3.05) is 19.7 Å². The van der Waals surface area contributed by atoms with Crippen molar-refractivity contribution in [3.63, 3.8) is 0 Å². The van der Waals surface area contributed by atoms with Gasteiger partial charge < -0.3 is 15.4 Å². The maximum Gasteiger partial charge on any atom is 0.220 e. The molecule has 1 aliphatic rings. The minimum Gasteiger partial charge on any atom is -0.494 e. The third kappa shape index (κ3) is 6.82. The van der Waals surface area contributed by atoms with Crippen molar-refractivity contribution in [2.45, 2.75) is 38.6 Å². The lowest BCUT2D eigenvalue weighted by atomic mass is 10.2. The molecular formula is C16H25ClN2O2. The number of carbonyl (C=O) groups excluding carboxylic acids is 1. The zero-order chi connectivity index (χ0) is 14.2. The first kappa shape index (κ1) is 17.8. The van der Waals surface area contributed by atoms with Crippen LogP contribution in [0.1, 0.15) is 31.2 Å². The molecule has 21 heavy (non-hydrogen) atoms. The fourth-order valence-electron chi connectivity index (χ4n) is 2.38. The van der Waals surface area contributed by atoms with Crippen LogP contribution in [0.4, 0.5) is 0 Å². The van der Waals surface area contributed by atoms with E-state index >= 15 is 0 Å². The number of nitrogens with one attached hydrogen (secondary N) is 2. The summed E-state index contributed by atoms with van der Waals surface area (Å²) in [5.41, 5.74) is 1.18. The molecule has 5 heteroatoms. The number of hydrogen-bond acceptors (Lipinski definition) is 3. The van der Waals surface area contributed by atoms with E-state index in [-0.39, 0.29) is 18.3 Å². The largest absolute Gasteiger partial charge is 0.494 e. The average molecular weight is 313 g/mol. The molecule has 118 valence electrons. The summed E-state index contributed by atoms with van der Waals surface area (Å²) in [6, 6.07) is 8.43. The van der Waals surface area contributed by atoms with Crippen molar-refractivity contribution in [2.24, 2.45) is 0 Å². The van der Waals surface area contributed by atoms with Crippen molar-refractivity contribution in [1.29, 1.82) is 0 Å². The van der Waals surface area contributed by atoms with Crippen LogP contribution in [0.3, 0.4) is 0 Å². The second-order valence-electron chi connectivity index (χ2n) is 5.37. The Balaban J connectivity index is 0.00000220. The first-order chi connectivity index (χ1) is 9.74. The number of carbonyl (C=O) groups is 1. The van der Waals surface area contributed by atoms with Gasteiger partial charge in [0.15, 0.2) is 0 Å². The molecule has 0 saturated carbocycles. The van der Waals surface area contributed by atoms with E-state index in [9.17, 15) is 4.79 Å². The van der Waals surface area contributed by atoms with Gasteiger partial charge >= 0.3 is 0 Å². The molecule has 0 aromatic heterocycles.